The molecule has 0 saturated carbocycles. The van der Waals surface area contributed by atoms with Crippen molar-refractivity contribution in [1.29, 1.82) is 0 Å². The molecule has 1 aromatic carbocycles. The van der Waals surface area contributed by atoms with Crippen LogP contribution in [0.3, 0.4) is 0 Å². The topological polar surface area (TPSA) is 59.1 Å². The molecule has 2 aliphatic heterocycles. The minimum atomic E-state index is -3.46. The second-order valence-electron chi connectivity index (χ2n) is 7.63. The average molecular weight is 411 g/mol. The molecule has 0 aromatic heterocycles. The lowest BCUT2D eigenvalue weighted by Crippen LogP contribution is -2.50. The van der Waals surface area contributed by atoms with Gasteiger partial charge in [0.25, 0.3) is 0 Å². The number of benzene rings is 1. The zero-order chi connectivity index (χ0) is 19.8. The van der Waals surface area contributed by atoms with Crippen molar-refractivity contribution in [3.63, 3.8) is 0 Å². The fourth-order valence-electron chi connectivity index (χ4n) is 4.12. The van der Waals surface area contributed by atoms with E-state index in [2.05, 4.69) is 4.90 Å². The Morgan fingerprint density at radius 3 is 2.36 bits per heavy atom. The monoisotopic (exact) mass is 410 g/mol. The van der Waals surface area contributed by atoms with Crippen molar-refractivity contribution in [2.45, 2.75) is 56.4 Å². The van der Waals surface area contributed by atoms with Gasteiger partial charge in [-0.3, -0.25) is 4.90 Å². The quantitative estimate of drug-likeness (QED) is 0.616. The lowest BCUT2D eigenvalue weighted by molar-refractivity contribution is 0.110. The summed E-state index contributed by atoms with van der Waals surface area (Å²) < 4.78 is 38.8. The summed E-state index contributed by atoms with van der Waals surface area (Å²) in [5.74, 6) is 0.666. The Labute approximate surface area is 169 Å². The lowest BCUT2D eigenvalue weighted by Gasteiger charge is -2.38. The highest BCUT2D eigenvalue weighted by atomic mass is 32.2. The number of piperidine rings is 1. The average Bonchev–Trinajstić information content (AvgIpc) is 3.01. The Morgan fingerprint density at radius 1 is 0.964 bits per heavy atom. The second kappa shape index (κ2) is 10.6. The molecule has 1 unspecified atom stereocenters. The van der Waals surface area contributed by atoms with Crippen molar-refractivity contribution >= 4 is 10.0 Å². The minimum absolute atomic E-state index is 0.348. The lowest BCUT2D eigenvalue weighted by atomic mass is 10.1. The van der Waals surface area contributed by atoms with E-state index in [0.29, 0.717) is 49.6 Å². The van der Waals surface area contributed by atoms with E-state index in [1.165, 1.54) is 25.7 Å². The summed E-state index contributed by atoms with van der Waals surface area (Å²) >= 11 is 0. The molecule has 2 fully saturated rings. The smallest absolute Gasteiger partial charge is 0.243 e. The first kappa shape index (κ1) is 21.6. The van der Waals surface area contributed by atoms with Gasteiger partial charge in [-0.2, -0.15) is 4.31 Å². The van der Waals surface area contributed by atoms with Crippen LogP contribution >= 0.6 is 0 Å². The van der Waals surface area contributed by atoms with Gasteiger partial charge in [0.1, 0.15) is 12.4 Å². The van der Waals surface area contributed by atoms with E-state index in [0.717, 1.165) is 25.9 Å². The van der Waals surface area contributed by atoms with Gasteiger partial charge >= 0.3 is 0 Å². The first-order chi connectivity index (χ1) is 13.6. The summed E-state index contributed by atoms with van der Waals surface area (Å²) in [6, 6.07) is 7.12. The van der Waals surface area contributed by atoms with Crippen molar-refractivity contribution in [3.8, 4) is 5.75 Å². The van der Waals surface area contributed by atoms with Crippen LogP contribution in [0.5, 0.6) is 5.75 Å². The molecule has 2 heterocycles. The van der Waals surface area contributed by atoms with Crippen LogP contribution in [0.4, 0.5) is 0 Å². The SMILES string of the molecule is CCOCCOc1ccc(S(=O)(=O)N2CCCC(N3CCCCCC3)C2)cc1. The summed E-state index contributed by atoms with van der Waals surface area (Å²) in [5.41, 5.74) is 0. The molecule has 0 N–H and O–H groups in total. The number of rotatable bonds is 8. The standard InChI is InChI=1S/C21H34N2O4S/c1-2-26-16-17-27-20-9-11-21(12-10-20)28(24,25)23-15-7-8-19(18-23)22-13-5-3-4-6-14-22/h9-12,19H,2-8,13-18H2,1H3. The molecule has 7 heteroatoms. The molecule has 28 heavy (non-hydrogen) atoms. The fourth-order valence-corrected chi connectivity index (χ4v) is 5.63. The molecule has 1 atom stereocenters. The molecule has 0 aliphatic carbocycles. The van der Waals surface area contributed by atoms with Crippen molar-refractivity contribution in [2.75, 3.05) is 46.0 Å². The second-order valence-corrected chi connectivity index (χ2v) is 9.56. The van der Waals surface area contributed by atoms with Gasteiger partial charge in [-0.05, 0) is 70.0 Å². The molecule has 158 valence electrons. The van der Waals surface area contributed by atoms with Crippen molar-refractivity contribution in [3.05, 3.63) is 24.3 Å². The van der Waals surface area contributed by atoms with Crippen LogP contribution in [0.15, 0.2) is 29.2 Å². The van der Waals surface area contributed by atoms with Gasteiger partial charge in [0.15, 0.2) is 0 Å². The molecule has 2 aliphatic rings. The van der Waals surface area contributed by atoms with Crippen LogP contribution in [0.25, 0.3) is 0 Å². The van der Waals surface area contributed by atoms with Gasteiger partial charge in [-0.1, -0.05) is 12.8 Å². The van der Waals surface area contributed by atoms with E-state index < -0.39 is 10.0 Å². The molecule has 2 saturated heterocycles. The van der Waals surface area contributed by atoms with Gasteiger partial charge in [0.05, 0.1) is 11.5 Å². The molecule has 0 spiro atoms. The number of hydrogen-bond donors (Lipinski definition) is 0. The van der Waals surface area contributed by atoms with E-state index in [-0.39, 0.29) is 0 Å². The van der Waals surface area contributed by atoms with E-state index in [1.807, 2.05) is 6.92 Å². The maximum atomic E-state index is 13.1. The molecule has 6 nitrogen and oxygen atoms in total. The normalized spacial score (nSPS) is 22.7. The molecular formula is C21H34N2O4S. The predicted molar refractivity (Wildman–Crippen MR) is 110 cm³/mol. The zero-order valence-corrected chi connectivity index (χ0v) is 17.8. The zero-order valence-electron chi connectivity index (χ0n) is 17.0. The van der Waals surface area contributed by atoms with Gasteiger partial charge in [-0.15, -0.1) is 0 Å². The number of likely N-dealkylation sites (tertiary alicyclic amines) is 1. The maximum Gasteiger partial charge on any atom is 0.243 e. The highest BCUT2D eigenvalue weighted by molar-refractivity contribution is 7.89. The van der Waals surface area contributed by atoms with Gasteiger partial charge in [-0.25, -0.2) is 8.42 Å². The number of hydrogen-bond acceptors (Lipinski definition) is 5. The first-order valence-corrected chi connectivity index (χ1v) is 12.1. The largest absolute Gasteiger partial charge is 0.491 e. The van der Waals surface area contributed by atoms with Crippen LogP contribution in [0.2, 0.25) is 0 Å². The van der Waals surface area contributed by atoms with E-state index >= 15 is 0 Å². The van der Waals surface area contributed by atoms with Crippen LogP contribution in [-0.2, 0) is 14.8 Å². The Morgan fingerprint density at radius 2 is 1.68 bits per heavy atom. The van der Waals surface area contributed by atoms with Crippen molar-refractivity contribution < 1.29 is 17.9 Å². The predicted octanol–water partition coefficient (Wildman–Crippen LogP) is 3.13. The Balaban J connectivity index is 1.61. The number of ether oxygens (including phenoxy) is 2. The molecule has 0 bridgehead atoms. The highest BCUT2D eigenvalue weighted by Crippen LogP contribution is 2.26. The van der Waals surface area contributed by atoms with Gasteiger partial charge in [0, 0.05) is 25.7 Å². The molecular weight excluding hydrogens is 376 g/mol. The van der Waals surface area contributed by atoms with Crippen molar-refractivity contribution in [2.24, 2.45) is 0 Å². The van der Waals surface area contributed by atoms with Crippen LogP contribution in [0, 0.1) is 0 Å². The Kier molecular flexibility index (Phi) is 8.14. The number of nitrogens with zero attached hydrogens (tertiary/aromatic N) is 2. The Hall–Kier alpha value is -1.15. The van der Waals surface area contributed by atoms with E-state index in [1.54, 1.807) is 28.6 Å². The van der Waals surface area contributed by atoms with Gasteiger partial charge < -0.3 is 9.47 Å². The third-order valence-corrected chi connectivity index (χ3v) is 7.56. The van der Waals surface area contributed by atoms with Crippen LogP contribution in [-0.4, -0.2) is 69.7 Å². The number of sulfonamides is 1. The van der Waals surface area contributed by atoms with Gasteiger partial charge in [0.2, 0.25) is 10.0 Å². The molecule has 1 aromatic rings. The first-order valence-electron chi connectivity index (χ1n) is 10.7. The third kappa shape index (κ3) is 5.69. The molecule has 0 amide bonds. The van der Waals surface area contributed by atoms with Crippen LogP contribution < -0.4 is 4.74 Å². The fraction of sp³-hybridized carbons (Fsp3) is 0.714. The summed E-state index contributed by atoms with van der Waals surface area (Å²) in [7, 11) is -3.46. The summed E-state index contributed by atoms with van der Waals surface area (Å²) in [6.45, 7) is 7.02. The minimum Gasteiger partial charge on any atom is -0.491 e. The Bertz CT molecular complexity index is 685. The van der Waals surface area contributed by atoms with E-state index in [9.17, 15) is 8.42 Å². The van der Waals surface area contributed by atoms with E-state index in [4.69, 9.17) is 9.47 Å². The third-order valence-electron chi connectivity index (χ3n) is 5.68. The van der Waals surface area contributed by atoms with Crippen molar-refractivity contribution in [1.82, 2.24) is 9.21 Å². The summed E-state index contributed by atoms with van der Waals surface area (Å²) in [5, 5.41) is 0. The highest BCUT2D eigenvalue weighted by Gasteiger charge is 2.32. The molecule has 0 radical (unpaired) electrons. The summed E-state index contributed by atoms with van der Waals surface area (Å²) in [4.78, 5) is 2.87. The molecule has 3 rings (SSSR count). The maximum absolute atomic E-state index is 13.1. The van der Waals surface area contributed by atoms with Crippen LogP contribution in [0.1, 0.15) is 45.4 Å². The summed E-state index contributed by atoms with van der Waals surface area (Å²) in [6.07, 6.45) is 7.08.